The number of carbonyl (C=O) groups excluding carboxylic acids is 1. The zero-order valence-electron chi connectivity index (χ0n) is 4.89. The van der Waals surface area contributed by atoms with E-state index in [-0.39, 0.29) is 12.1 Å². The predicted molar refractivity (Wildman–Crippen MR) is 29.1 cm³/mol. The van der Waals surface area contributed by atoms with Crippen molar-refractivity contribution in [2.75, 3.05) is 0 Å². The molecule has 1 rings (SSSR count). The zero-order valence-corrected chi connectivity index (χ0v) is 4.89. The summed E-state index contributed by atoms with van der Waals surface area (Å²) in [4.78, 5) is 10.1. The highest BCUT2D eigenvalue weighted by molar-refractivity contribution is 5.85. The molecule has 2 nitrogen and oxygen atoms in total. The Bertz CT molecular complexity index is 90.7. The van der Waals surface area contributed by atoms with Crippen molar-refractivity contribution in [2.24, 2.45) is 0 Å². The lowest BCUT2D eigenvalue weighted by atomic mass is 10.1. The van der Waals surface area contributed by atoms with E-state index < -0.39 is 0 Å². The fourth-order valence-electron chi connectivity index (χ4n) is 0.729. The maximum Gasteiger partial charge on any atom is 0.314 e. The van der Waals surface area contributed by atoms with Crippen LogP contribution in [0.2, 0.25) is 0 Å². The summed E-state index contributed by atoms with van der Waals surface area (Å²) in [5, 5.41) is 0. The Morgan fingerprint density at radius 3 is 2.88 bits per heavy atom. The van der Waals surface area contributed by atoms with E-state index in [1.165, 1.54) is 0 Å². The van der Waals surface area contributed by atoms with Crippen molar-refractivity contribution in [2.45, 2.75) is 25.9 Å². The smallest absolute Gasteiger partial charge is 0.314 e. The van der Waals surface area contributed by atoms with Crippen LogP contribution in [0.3, 0.4) is 0 Å². The molecular formula is C6H9O2. The summed E-state index contributed by atoms with van der Waals surface area (Å²) in [6.07, 6.45) is 3.80. The highest BCUT2D eigenvalue weighted by atomic mass is 16.6. The standard InChI is InChI=1S/C6H9O2/c1-2-3-5-4-6(7)8-5/h4-5H,2-3H2,1H3. The highest BCUT2D eigenvalue weighted by Crippen LogP contribution is 2.16. The Morgan fingerprint density at radius 2 is 2.50 bits per heavy atom. The van der Waals surface area contributed by atoms with Crippen molar-refractivity contribution < 1.29 is 9.53 Å². The number of esters is 1. The highest BCUT2D eigenvalue weighted by Gasteiger charge is 2.27. The van der Waals surface area contributed by atoms with Crippen LogP contribution in [0, 0.1) is 6.42 Å². The van der Waals surface area contributed by atoms with Gasteiger partial charge in [0.2, 0.25) is 0 Å². The second kappa shape index (κ2) is 2.16. The van der Waals surface area contributed by atoms with Crippen LogP contribution in [0.4, 0.5) is 0 Å². The normalized spacial score (nSPS) is 26.6. The lowest BCUT2D eigenvalue weighted by Gasteiger charge is -2.23. The topological polar surface area (TPSA) is 26.3 Å². The largest absolute Gasteiger partial charge is 0.461 e. The van der Waals surface area contributed by atoms with E-state index in [0.717, 1.165) is 12.8 Å². The van der Waals surface area contributed by atoms with E-state index in [9.17, 15) is 4.79 Å². The Morgan fingerprint density at radius 1 is 1.88 bits per heavy atom. The van der Waals surface area contributed by atoms with Gasteiger partial charge in [0.05, 0.1) is 0 Å². The lowest BCUT2D eigenvalue weighted by molar-refractivity contribution is -0.157. The monoisotopic (exact) mass is 113 g/mol. The van der Waals surface area contributed by atoms with Crippen LogP contribution in [0.5, 0.6) is 0 Å². The quantitative estimate of drug-likeness (QED) is 0.497. The van der Waals surface area contributed by atoms with Gasteiger partial charge in [-0.3, -0.25) is 4.79 Å². The van der Waals surface area contributed by atoms with Crippen molar-refractivity contribution in [1.29, 1.82) is 0 Å². The molecule has 0 N–H and O–H groups in total. The summed E-state index contributed by atoms with van der Waals surface area (Å²) >= 11 is 0. The summed E-state index contributed by atoms with van der Waals surface area (Å²) in [7, 11) is 0. The van der Waals surface area contributed by atoms with E-state index in [1.54, 1.807) is 6.42 Å². The maximum absolute atomic E-state index is 10.1. The SMILES string of the molecule is CCCC1[CH]C(=O)O1. The van der Waals surface area contributed by atoms with Crippen molar-refractivity contribution in [3.8, 4) is 0 Å². The summed E-state index contributed by atoms with van der Waals surface area (Å²) in [6.45, 7) is 2.07. The van der Waals surface area contributed by atoms with Gasteiger partial charge in [-0.05, 0) is 6.42 Å². The molecule has 1 radical (unpaired) electrons. The molecule has 1 fully saturated rings. The first-order valence-corrected chi connectivity index (χ1v) is 2.88. The average molecular weight is 113 g/mol. The maximum atomic E-state index is 10.1. The Kier molecular flexibility index (Phi) is 1.51. The van der Waals surface area contributed by atoms with Gasteiger partial charge in [-0.2, -0.15) is 0 Å². The van der Waals surface area contributed by atoms with Gasteiger partial charge in [0.25, 0.3) is 0 Å². The van der Waals surface area contributed by atoms with Crippen LogP contribution in [0.25, 0.3) is 0 Å². The number of hydrogen-bond acceptors (Lipinski definition) is 2. The molecule has 0 aromatic carbocycles. The van der Waals surface area contributed by atoms with E-state index in [4.69, 9.17) is 0 Å². The average Bonchev–Trinajstić information content (AvgIpc) is 1.64. The molecule has 1 unspecified atom stereocenters. The fraction of sp³-hybridized carbons (Fsp3) is 0.667. The van der Waals surface area contributed by atoms with Crippen LogP contribution in [0.15, 0.2) is 0 Å². The molecule has 1 saturated heterocycles. The van der Waals surface area contributed by atoms with E-state index >= 15 is 0 Å². The number of ether oxygens (including phenoxy) is 1. The van der Waals surface area contributed by atoms with Crippen molar-refractivity contribution in [3.63, 3.8) is 0 Å². The first-order valence-electron chi connectivity index (χ1n) is 2.88. The van der Waals surface area contributed by atoms with Gasteiger partial charge in [-0.1, -0.05) is 13.3 Å². The molecule has 1 aliphatic heterocycles. The molecule has 0 bridgehead atoms. The van der Waals surface area contributed by atoms with Crippen LogP contribution >= 0.6 is 0 Å². The minimum absolute atomic E-state index is 0.132. The minimum atomic E-state index is -0.163. The third-order valence-corrected chi connectivity index (χ3v) is 1.16. The molecule has 0 spiro atoms. The molecule has 0 amide bonds. The van der Waals surface area contributed by atoms with Crippen LogP contribution in [0.1, 0.15) is 19.8 Å². The number of cyclic esters (lactones) is 1. The Balaban J connectivity index is 2.06. The molecule has 0 saturated carbocycles. The summed E-state index contributed by atoms with van der Waals surface area (Å²) in [5.41, 5.74) is 0. The van der Waals surface area contributed by atoms with Crippen molar-refractivity contribution >= 4 is 5.97 Å². The molecule has 1 aliphatic rings. The van der Waals surface area contributed by atoms with E-state index in [2.05, 4.69) is 11.7 Å². The molecule has 1 atom stereocenters. The number of rotatable bonds is 2. The van der Waals surface area contributed by atoms with Gasteiger partial charge < -0.3 is 4.74 Å². The molecule has 8 heavy (non-hydrogen) atoms. The van der Waals surface area contributed by atoms with Crippen LogP contribution in [-0.2, 0) is 9.53 Å². The first-order chi connectivity index (χ1) is 3.83. The van der Waals surface area contributed by atoms with Crippen LogP contribution < -0.4 is 0 Å². The first kappa shape index (κ1) is 5.60. The van der Waals surface area contributed by atoms with Gasteiger partial charge in [-0.25, -0.2) is 0 Å². The predicted octanol–water partition coefficient (Wildman–Crippen LogP) is 0.916. The van der Waals surface area contributed by atoms with Gasteiger partial charge in [0.1, 0.15) is 12.5 Å². The molecule has 0 aromatic heterocycles. The van der Waals surface area contributed by atoms with Gasteiger partial charge in [-0.15, -0.1) is 0 Å². The molecule has 2 heteroatoms. The second-order valence-electron chi connectivity index (χ2n) is 1.93. The summed E-state index contributed by atoms with van der Waals surface area (Å²) in [6, 6.07) is 0. The second-order valence-corrected chi connectivity index (χ2v) is 1.93. The summed E-state index contributed by atoms with van der Waals surface area (Å²) in [5.74, 6) is -0.163. The van der Waals surface area contributed by atoms with E-state index in [0.29, 0.717) is 0 Å². The number of hydrogen-bond donors (Lipinski definition) is 0. The van der Waals surface area contributed by atoms with Crippen molar-refractivity contribution in [1.82, 2.24) is 0 Å². The lowest BCUT2D eigenvalue weighted by Crippen LogP contribution is -2.33. The van der Waals surface area contributed by atoms with E-state index in [1.807, 2.05) is 0 Å². The molecular weight excluding hydrogens is 104 g/mol. The zero-order chi connectivity index (χ0) is 5.98. The minimum Gasteiger partial charge on any atom is -0.461 e. The third kappa shape index (κ3) is 0.997. The van der Waals surface area contributed by atoms with Gasteiger partial charge in [0, 0.05) is 0 Å². The molecule has 0 aromatic rings. The molecule has 0 aliphatic carbocycles. The van der Waals surface area contributed by atoms with Crippen molar-refractivity contribution in [3.05, 3.63) is 6.42 Å². The number of carbonyl (C=O) groups is 1. The Labute approximate surface area is 48.8 Å². The van der Waals surface area contributed by atoms with Crippen LogP contribution in [-0.4, -0.2) is 12.1 Å². The Hall–Kier alpha value is -0.530. The van der Waals surface area contributed by atoms with Gasteiger partial charge >= 0.3 is 5.97 Å². The molecule has 1 heterocycles. The third-order valence-electron chi connectivity index (χ3n) is 1.16. The summed E-state index contributed by atoms with van der Waals surface area (Å²) < 4.78 is 4.69. The fourth-order valence-corrected chi connectivity index (χ4v) is 0.729. The van der Waals surface area contributed by atoms with Gasteiger partial charge in [0.15, 0.2) is 0 Å². The molecule has 45 valence electrons.